The molecule has 1 N–H and O–H groups in total. The van der Waals surface area contributed by atoms with Crippen molar-refractivity contribution in [1.82, 2.24) is 9.88 Å². The average molecular weight is 261 g/mol. The zero-order valence-corrected chi connectivity index (χ0v) is 11.9. The summed E-state index contributed by atoms with van der Waals surface area (Å²) in [6, 6.07) is 8.43. The molecule has 2 aromatic rings. The van der Waals surface area contributed by atoms with Gasteiger partial charge < -0.3 is 10.2 Å². The van der Waals surface area contributed by atoms with Gasteiger partial charge in [0.1, 0.15) is 5.01 Å². The molecule has 4 heteroatoms. The number of aryl methyl sites for hydroxylation is 1. The summed E-state index contributed by atoms with van der Waals surface area (Å²) in [6.07, 6.45) is 0. The highest BCUT2D eigenvalue weighted by Gasteiger charge is 2.04. The highest BCUT2D eigenvalue weighted by atomic mass is 32.1. The topological polar surface area (TPSA) is 28.2 Å². The number of anilines is 1. The van der Waals surface area contributed by atoms with E-state index in [9.17, 15) is 0 Å². The maximum Gasteiger partial charge on any atom is 0.112 e. The average Bonchev–Trinajstić information content (AvgIpc) is 2.73. The largest absolute Gasteiger partial charge is 0.378 e. The second kappa shape index (κ2) is 5.98. The predicted molar refractivity (Wildman–Crippen MR) is 78.0 cm³/mol. The van der Waals surface area contributed by atoms with Gasteiger partial charge in [-0.3, -0.25) is 0 Å². The van der Waals surface area contributed by atoms with Gasteiger partial charge in [-0.1, -0.05) is 18.2 Å². The third kappa shape index (κ3) is 3.55. The summed E-state index contributed by atoms with van der Waals surface area (Å²) in [7, 11) is 4.17. The minimum Gasteiger partial charge on any atom is -0.378 e. The second-order valence-electron chi connectivity index (χ2n) is 4.63. The van der Waals surface area contributed by atoms with E-state index in [1.165, 1.54) is 11.3 Å². The van der Waals surface area contributed by atoms with Crippen LogP contribution < -0.4 is 5.32 Å². The molecule has 0 amide bonds. The van der Waals surface area contributed by atoms with Gasteiger partial charge in [-0.15, -0.1) is 11.3 Å². The molecular formula is C14H19N3S. The Bertz CT molecular complexity index is 505. The molecule has 2 rings (SSSR count). The van der Waals surface area contributed by atoms with E-state index in [2.05, 4.69) is 58.9 Å². The first-order valence-corrected chi connectivity index (χ1v) is 6.90. The summed E-state index contributed by atoms with van der Waals surface area (Å²) in [6.45, 7) is 3.77. The van der Waals surface area contributed by atoms with Crippen LogP contribution in [0.3, 0.4) is 0 Å². The van der Waals surface area contributed by atoms with Crippen LogP contribution in [0.25, 0.3) is 0 Å². The van der Waals surface area contributed by atoms with E-state index in [1.807, 2.05) is 6.92 Å². The molecule has 1 heterocycles. The maximum atomic E-state index is 4.46. The zero-order chi connectivity index (χ0) is 13.0. The lowest BCUT2D eigenvalue weighted by atomic mass is 10.1. The minimum atomic E-state index is 0.795. The first-order chi connectivity index (χ1) is 8.65. The van der Waals surface area contributed by atoms with Crippen LogP contribution >= 0.6 is 11.3 Å². The molecule has 0 bridgehead atoms. The van der Waals surface area contributed by atoms with Crippen LogP contribution in [0, 0.1) is 6.92 Å². The number of rotatable bonds is 5. The van der Waals surface area contributed by atoms with Gasteiger partial charge in [-0.05, 0) is 32.6 Å². The molecule has 18 heavy (non-hydrogen) atoms. The van der Waals surface area contributed by atoms with Gasteiger partial charge in [0.05, 0.1) is 6.54 Å². The number of benzene rings is 1. The normalized spacial score (nSPS) is 10.9. The third-order valence-corrected chi connectivity index (χ3v) is 3.57. The van der Waals surface area contributed by atoms with Gasteiger partial charge in [0.25, 0.3) is 0 Å². The van der Waals surface area contributed by atoms with Crippen molar-refractivity contribution < 1.29 is 0 Å². The van der Waals surface area contributed by atoms with E-state index in [4.69, 9.17) is 0 Å². The Morgan fingerprint density at radius 1 is 1.28 bits per heavy atom. The van der Waals surface area contributed by atoms with Gasteiger partial charge in [-0.25, -0.2) is 4.98 Å². The van der Waals surface area contributed by atoms with Crippen LogP contribution in [-0.2, 0) is 13.1 Å². The third-order valence-electron chi connectivity index (χ3n) is 2.60. The molecule has 1 aromatic heterocycles. The number of aromatic nitrogens is 1. The Balaban J connectivity index is 2.04. The van der Waals surface area contributed by atoms with Crippen molar-refractivity contribution in [2.24, 2.45) is 0 Å². The molecule has 0 radical (unpaired) electrons. The highest BCUT2D eigenvalue weighted by molar-refractivity contribution is 7.09. The SMILES string of the molecule is Cc1csc(CNc2ccccc2CN(C)C)n1. The van der Waals surface area contributed by atoms with Crippen LogP contribution in [0.2, 0.25) is 0 Å². The molecule has 0 aliphatic heterocycles. The molecule has 0 saturated heterocycles. The summed E-state index contributed by atoms with van der Waals surface area (Å²) in [4.78, 5) is 6.64. The van der Waals surface area contributed by atoms with E-state index in [1.54, 1.807) is 11.3 Å². The van der Waals surface area contributed by atoms with Crippen molar-refractivity contribution in [2.45, 2.75) is 20.0 Å². The van der Waals surface area contributed by atoms with Crippen LogP contribution in [0.5, 0.6) is 0 Å². The summed E-state index contributed by atoms with van der Waals surface area (Å²) in [5, 5.41) is 6.69. The monoisotopic (exact) mass is 261 g/mol. The van der Waals surface area contributed by atoms with E-state index >= 15 is 0 Å². The van der Waals surface area contributed by atoms with Crippen LogP contribution in [0.4, 0.5) is 5.69 Å². The first-order valence-electron chi connectivity index (χ1n) is 6.02. The smallest absolute Gasteiger partial charge is 0.112 e. The van der Waals surface area contributed by atoms with Crippen molar-refractivity contribution in [3.8, 4) is 0 Å². The van der Waals surface area contributed by atoms with Crippen molar-refractivity contribution >= 4 is 17.0 Å². The lowest BCUT2D eigenvalue weighted by Crippen LogP contribution is -2.12. The van der Waals surface area contributed by atoms with Gasteiger partial charge in [0, 0.05) is 23.3 Å². The van der Waals surface area contributed by atoms with E-state index in [0.29, 0.717) is 0 Å². The van der Waals surface area contributed by atoms with Crippen molar-refractivity contribution in [2.75, 3.05) is 19.4 Å². The molecule has 0 fully saturated rings. The fourth-order valence-electron chi connectivity index (χ4n) is 1.83. The van der Waals surface area contributed by atoms with Crippen LogP contribution in [0.15, 0.2) is 29.6 Å². The Kier molecular flexibility index (Phi) is 4.33. The van der Waals surface area contributed by atoms with Gasteiger partial charge >= 0.3 is 0 Å². The molecular weight excluding hydrogens is 242 g/mol. The molecule has 0 saturated carbocycles. The lowest BCUT2D eigenvalue weighted by molar-refractivity contribution is 0.403. The molecule has 1 aromatic carbocycles. The highest BCUT2D eigenvalue weighted by Crippen LogP contribution is 2.18. The summed E-state index contributed by atoms with van der Waals surface area (Å²) in [5.41, 5.74) is 3.60. The minimum absolute atomic E-state index is 0.795. The Hall–Kier alpha value is -1.39. The fourth-order valence-corrected chi connectivity index (χ4v) is 2.54. The van der Waals surface area contributed by atoms with Gasteiger partial charge in [0.15, 0.2) is 0 Å². The number of thiazole rings is 1. The summed E-state index contributed by atoms with van der Waals surface area (Å²) >= 11 is 1.70. The molecule has 0 spiro atoms. The second-order valence-corrected chi connectivity index (χ2v) is 5.57. The lowest BCUT2D eigenvalue weighted by Gasteiger charge is -2.14. The quantitative estimate of drug-likeness (QED) is 0.896. The van der Waals surface area contributed by atoms with E-state index < -0.39 is 0 Å². The number of para-hydroxylation sites is 1. The van der Waals surface area contributed by atoms with Crippen LogP contribution in [0.1, 0.15) is 16.3 Å². The Labute approximate surface area is 112 Å². The van der Waals surface area contributed by atoms with Crippen molar-refractivity contribution in [3.05, 3.63) is 45.9 Å². The number of hydrogen-bond acceptors (Lipinski definition) is 4. The molecule has 0 unspecified atom stereocenters. The molecule has 96 valence electrons. The van der Waals surface area contributed by atoms with Gasteiger partial charge in [-0.2, -0.15) is 0 Å². The van der Waals surface area contributed by atoms with Crippen molar-refractivity contribution in [3.63, 3.8) is 0 Å². The summed E-state index contributed by atoms with van der Waals surface area (Å²) < 4.78 is 0. The first kappa shape index (κ1) is 13.1. The molecule has 3 nitrogen and oxygen atoms in total. The van der Waals surface area contributed by atoms with E-state index in [-0.39, 0.29) is 0 Å². The molecule has 0 aliphatic rings. The number of nitrogens with one attached hydrogen (secondary N) is 1. The maximum absolute atomic E-state index is 4.46. The fraction of sp³-hybridized carbons (Fsp3) is 0.357. The standard InChI is InChI=1S/C14H19N3S/c1-11-10-18-14(16-11)8-15-13-7-5-4-6-12(13)9-17(2)3/h4-7,10,15H,8-9H2,1-3H3. The Morgan fingerprint density at radius 2 is 2.06 bits per heavy atom. The van der Waals surface area contributed by atoms with Gasteiger partial charge in [0.2, 0.25) is 0 Å². The zero-order valence-electron chi connectivity index (χ0n) is 11.1. The van der Waals surface area contributed by atoms with E-state index in [0.717, 1.165) is 23.8 Å². The van der Waals surface area contributed by atoms with Crippen LogP contribution in [-0.4, -0.2) is 24.0 Å². The number of hydrogen-bond donors (Lipinski definition) is 1. The predicted octanol–water partition coefficient (Wildman–Crippen LogP) is 3.13. The molecule has 0 atom stereocenters. The Morgan fingerprint density at radius 3 is 2.72 bits per heavy atom. The number of nitrogens with zero attached hydrogens (tertiary/aromatic N) is 2. The summed E-state index contributed by atoms with van der Waals surface area (Å²) in [5.74, 6) is 0. The van der Waals surface area contributed by atoms with Crippen molar-refractivity contribution in [1.29, 1.82) is 0 Å². The molecule has 0 aliphatic carbocycles.